The van der Waals surface area contributed by atoms with Gasteiger partial charge in [-0.25, -0.2) is 4.79 Å². The lowest BCUT2D eigenvalue weighted by Crippen LogP contribution is -2.69. The Kier molecular flexibility index (Phi) is 5.11. The molecule has 2 saturated carbocycles. The van der Waals surface area contributed by atoms with Gasteiger partial charge >= 0.3 is 12.2 Å². The minimum Gasteiger partial charge on any atom is -0.328 e. The van der Waals surface area contributed by atoms with Crippen LogP contribution in [0.5, 0.6) is 0 Å². The van der Waals surface area contributed by atoms with Gasteiger partial charge < -0.3 is 20.1 Å². The van der Waals surface area contributed by atoms with Crippen molar-refractivity contribution in [1.82, 2.24) is 30.3 Å². The topological polar surface area (TPSA) is 77.2 Å². The Morgan fingerprint density at radius 3 is 2.44 bits per heavy atom. The highest BCUT2D eigenvalue weighted by atomic mass is 35.5. The second-order valence-electron chi connectivity index (χ2n) is 10.4. The van der Waals surface area contributed by atoms with Crippen LogP contribution in [0.1, 0.15) is 60.3 Å². The Morgan fingerprint density at radius 1 is 1.12 bits per heavy atom. The van der Waals surface area contributed by atoms with E-state index in [-0.39, 0.29) is 34.6 Å². The van der Waals surface area contributed by atoms with E-state index in [1.165, 1.54) is 25.0 Å². The molecule has 2 aliphatic carbocycles. The normalized spacial score (nSPS) is 22.5. The molecule has 1 aromatic heterocycles. The van der Waals surface area contributed by atoms with Gasteiger partial charge in [0.05, 0.1) is 5.56 Å². The zero-order chi connectivity index (χ0) is 23.7. The summed E-state index contributed by atoms with van der Waals surface area (Å²) in [6.07, 6.45) is 0.0256. The highest BCUT2D eigenvalue weighted by molar-refractivity contribution is 6.30. The molecule has 11 heteroatoms. The van der Waals surface area contributed by atoms with Crippen LogP contribution in [0.3, 0.4) is 0 Å². The fraction of sp³-hybridized carbons (Fsp3) is 0.609. The molecule has 0 bridgehead atoms. The van der Waals surface area contributed by atoms with E-state index in [0.29, 0.717) is 24.9 Å². The number of nitrogens with zero attached hydrogens (tertiary/aromatic N) is 4. The zero-order valence-electron chi connectivity index (χ0n) is 18.5. The van der Waals surface area contributed by atoms with Crippen LogP contribution in [0, 0.1) is 5.41 Å². The van der Waals surface area contributed by atoms with Gasteiger partial charge in [-0.05, 0) is 49.4 Å². The molecule has 34 heavy (non-hydrogen) atoms. The highest BCUT2D eigenvalue weighted by Gasteiger charge is 2.56. The van der Waals surface area contributed by atoms with E-state index in [9.17, 15) is 18.0 Å². The predicted molar refractivity (Wildman–Crippen MR) is 118 cm³/mol. The number of nitrogens with one attached hydrogen (secondary N) is 2. The van der Waals surface area contributed by atoms with Gasteiger partial charge in [0.1, 0.15) is 11.6 Å². The van der Waals surface area contributed by atoms with Crippen LogP contribution in [0.2, 0.25) is 5.02 Å². The number of hydrogen-bond donors (Lipinski definition) is 2. The first-order valence-electron chi connectivity index (χ1n) is 11.7. The largest absolute Gasteiger partial charge is 0.416 e. The highest BCUT2D eigenvalue weighted by Crippen LogP contribution is 2.55. The molecule has 7 nitrogen and oxygen atoms in total. The molecule has 2 aliphatic heterocycles. The van der Waals surface area contributed by atoms with Crippen molar-refractivity contribution >= 4 is 17.6 Å². The third-order valence-electron chi connectivity index (χ3n) is 7.66. The number of aromatic nitrogens is 3. The van der Waals surface area contributed by atoms with Crippen molar-refractivity contribution in [2.24, 2.45) is 5.41 Å². The van der Waals surface area contributed by atoms with Crippen molar-refractivity contribution in [3.63, 3.8) is 0 Å². The van der Waals surface area contributed by atoms with Gasteiger partial charge in [-0.3, -0.25) is 0 Å². The van der Waals surface area contributed by atoms with E-state index >= 15 is 0 Å². The first-order chi connectivity index (χ1) is 16.2. The first-order valence-corrected chi connectivity index (χ1v) is 12.1. The molecule has 182 valence electrons. The number of carbonyl (C=O) groups excluding carboxylic acids is 1. The molecule has 0 unspecified atom stereocenters. The van der Waals surface area contributed by atoms with Crippen LogP contribution in [0.15, 0.2) is 18.2 Å². The smallest absolute Gasteiger partial charge is 0.328 e. The number of hydrogen-bond acceptors (Lipinski definition) is 4. The van der Waals surface area contributed by atoms with Crippen LogP contribution in [0.4, 0.5) is 18.0 Å². The van der Waals surface area contributed by atoms with Gasteiger partial charge in [-0.2, -0.15) is 13.2 Å². The van der Waals surface area contributed by atoms with E-state index in [1.54, 1.807) is 4.90 Å². The van der Waals surface area contributed by atoms with Crippen molar-refractivity contribution < 1.29 is 18.0 Å². The second-order valence-corrected chi connectivity index (χ2v) is 10.8. The molecule has 1 spiro atoms. The summed E-state index contributed by atoms with van der Waals surface area (Å²) in [5.41, 5.74) is -0.365. The van der Waals surface area contributed by atoms with Crippen LogP contribution >= 0.6 is 11.6 Å². The summed E-state index contributed by atoms with van der Waals surface area (Å²) in [4.78, 5) is 19.8. The molecule has 4 fully saturated rings. The monoisotopic (exact) mass is 494 g/mol. The minimum absolute atomic E-state index is 0.0153. The maximum absolute atomic E-state index is 13.2. The summed E-state index contributed by atoms with van der Waals surface area (Å²) in [6.45, 7) is 2.57. The molecule has 2 amide bonds. The average Bonchev–Trinajstić information content (AvgIpc) is 3.42. The van der Waals surface area contributed by atoms with Crippen molar-refractivity contribution in [3.8, 4) is 0 Å². The zero-order valence-corrected chi connectivity index (χ0v) is 19.3. The van der Waals surface area contributed by atoms with Crippen molar-refractivity contribution in [3.05, 3.63) is 46.0 Å². The summed E-state index contributed by atoms with van der Waals surface area (Å²) in [5.74, 6) is 2.98. The summed E-state index contributed by atoms with van der Waals surface area (Å²) in [5, 5.41) is 12.0. The number of likely N-dealkylation sites (tertiary alicyclic amines) is 2. The molecule has 3 heterocycles. The number of amides is 2. The number of halogens is 4. The van der Waals surface area contributed by atoms with E-state index < -0.39 is 11.7 Å². The van der Waals surface area contributed by atoms with Gasteiger partial charge in [0.25, 0.3) is 0 Å². The maximum atomic E-state index is 13.2. The molecule has 0 radical (unpaired) electrons. The fourth-order valence-electron chi connectivity index (χ4n) is 5.55. The quantitative estimate of drug-likeness (QED) is 0.655. The molecular weight excluding hydrogens is 469 g/mol. The Morgan fingerprint density at radius 2 is 1.79 bits per heavy atom. The Balaban J connectivity index is 0.944. The first kappa shape index (κ1) is 22.2. The minimum atomic E-state index is -4.43. The Hall–Kier alpha value is -2.33. The third kappa shape index (κ3) is 4.04. The van der Waals surface area contributed by atoms with Gasteiger partial charge in [0.15, 0.2) is 0 Å². The van der Waals surface area contributed by atoms with E-state index in [2.05, 4.69) is 20.5 Å². The average molecular weight is 495 g/mol. The Labute approximate surface area is 200 Å². The van der Waals surface area contributed by atoms with Gasteiger partial charge in [-0.15, -0.1) is 10.2 Å². The van der Waals surface area contributed by atoms with E-state index in [0.717, 1.165) is 43.6 Å². The standard InChI is InChI=1S/C23H26ClF3N6O/c24-16-3-4-18(23(25,26)27)14(5-16)8-28-17-9-32(10-17)21(34)33-11-22(12-33)6-15(7-22)20-29-19(30-31-20)13-1-2-13/h3-5,13,15,17,28H,1-2,6-12H2,(H,29,30,31). The summed E-state index contributed by atoms with van der Waals surface area (Å²) in [6, 6.07) is 3.59. The van der Waals surface area contributed by atoms with Gasteiger partial charge in [-0.1, -0.05) is 11.6 Å². The number of aromatic amines is 1. The van der Waals surface area contributed by atoms with Crippen molar-refractivity contribution in [2.45, 2.75) is 56.3 Å². The lowest BCUT2D eigenvalue weighted by molar-refractivity contribution is -0.138. The summed E-state index contributed by atoms with van der Waals surface area (Å²) in [7, 11) is 0. The number of benzene rings is 1. The van der Waals surface area contributed by atoms with Crippen LogP contribution < -0.4 is 5.32 Å². The molecular formula is C23H26ClF3N6O. The molecule has 2 aromatic rings. The van der Waals surface area contributed by atoms with E-state index in [4.69, 9.17) is 11.6 Å². The number of carbonyl (C=O) groups is 1. The van der Waals surface area contributed by atoms with Crippen LogP contribution in [0.25, 0.3) is 0 Å². The molecule has 1 aromatic carbocycles. The molecule has 2 N–H and O–H groups in total. The number of alkyl halides is 3. The number of H-pyrrole nitrogens is 1. The maximum Gasteiger partial charge on any atom is 0.416 e. The van der Waals surface area contributed by atoms with Crippen LogP contribution in [-0.4, -0.2) is 63.2 Å². The summed E-state index contributed by atoms with van der Waals surface area (Å²) < 4.78 is 39.7. The molecule has 6 rings (SSSR count). The van der Waals surface area contributed by atoms with Gasteiger partial charge in [0, 0.05) is 61.0 Å². The third-order valence-corrected chi connectivity index (χ3v) is 7.90. The van der Waals surface area contributed by atoms with Crippen LogP contribution in [-0.2, 0) is 12.7 Å². The molecule has 4 aliphatic rings. The SMILES string of the molecule is O=C(N1CC(NCc2cc(Cl)ccc2C(F)(F)F)C1)N1CC2(CC(c3nnc(C4CC4)[nH]3)C2)C1. The van der Waals surface area contributed by atoms with Gasteiger partial charge in [0.2, 0.25) is 0 Å². The van der Waals surface area contributed by atoms with Crippen molar-refractivity contribution in [1.29, 1.82) is 0 Å². The number of rotatable bonds is 5. The van der Waals surface area contributed by atoms with E-state index in [1.807, 2.05) is 4.90 Å². The lowest BCUT2D eigenvalue weighted by atomic mass is 9.57. The fourth-order valence-corrected chi connectivity index (χ4v) is 5.75. The number of urea groups is 1. The lowest BCUT2D eigenvalue weighted by Gasteiger charge is -2.59. The second kappa shape index (κ2) is 7.84. The van der Waals surface area contributed by atoms with Crippen molar-refractivity contribution in [2.75, 3.05) is 26.2 Å². The summed E-state index contributed by atoms with van der Waals surface area (Å²) >= 11 is 5.89. The predicted octanol–water partition coefficient (Wildman–Crippen LogP) is 4.13. The molecule has 0 atom stereocenters. The molecule has 2 saturated heterocycles. The Bertz CT molecular complexity index is 1100.